The molecule has 10 heteroatoms. The van der Waals surface area contributed by atoms with E-state index in [9.17, 15) is 5.26 Å². The Morgan fingerprint density at radius 1 is 1.16 bits per heavy atom. The lowest BCUT2D eigenvalue weighted by molar-refractivity contribution is 0.928. The lowest BCUT2D eigenvalue weighted by Crippen LogP contribution is -2.04. The second-order valence-corrected chi connectivity index (χ2v) is 5.72. The van der Waals surface area contributed by atoms with E-state index in [0.717, 1.165) is 5.39 Å². The van der Waals surface area contributed by atoms with Crippen molar-refractivity contribution in [2.75, 3.05) is 5.73 Å². The van der Waals surface area contributed by atoms with Gasteiger partial charge in [0.15, 0.2) is 11.5 Å². The van der Waals surface area contributed by atoms with Crippen molar-refractivity contribution in [1.29, 1.82) is 5.26 Å². The number of aromatic amines is 2. The van der Waals surface area contributed by atoms with E-state index in [1.165, 1.54) is 0 Å². The number of nitrogens with two attached hydrogens (primary N) is 1. The SMILES string of the molecule is Cc1n[nH]nc1-c1nc(N)c(C#N)nc1-c1cc(Cl)c2[nH]ncc2c1. The van der Waals surface area contributed by atoms with Crippen molar-refractivity contribution >= 4 is 28.3 Å². The van der Waals surface area contributed by atoms with Gasteiger partial charge in [0.25, 0.3) is 0 Å². The molecule has 0 atom stereocenters. The van der Waals surface area contributed by atoms with Crippen LogP contribution in [-0.2, 0) is 0 Å². The highest BCUT2D eigenvalue weighted by molar-refractivity contribution is 6.35. The summed E-state index contributed by atoms with van der Waals surface area (Å²) in [7, 11) is 0. The Kier molecular flexibility index (Phi) is 3.33. The third-order valence-electron chi connectivity index (χ3n) is 3.75. The molecule has 0 aliphatic rings. The molecular weight excluding hydrogens is 342 g/mol. The Labute approximate surface area is 145 Å². The van der Waals surface area contributed by atoms with Crippen LogP contribution < -0.4 is 5.73 Å². The molecule has 4 rings (SSSR count). The van der Waals surface area contributed by atoms with Crippen molar-refractivity contribution in [2.24, 2.45) is 0 Å². The molecule has 0 radical (unpaired) electrons. The number of aromatic nitrogens is 7. The van der Waals surface area contributed by atoms with Crippen molar-refractivity contribution in [3.05, 3.63) is 34.7 Å². The summed E-state index contributed by atoms with van der Waals surface area (Å²) in [4.78, 5) is 8.70. The maximum absolute atomic E-state index is 9.25. The first-order valence-corrected chi connectivity index (χ1v) is 7.54. The van der Waals surface area contributed by atoms with E-state index in [2.05, 4.69) is 35.6 Å². The number of rotatable bonds is 2. The van der Waals surface area contributed by atoms with Crippen molar-refractivity contribution in [1.82, 2.24) is 35.6 Å². The molecule has 0 aliphatic carbocycles. The van der Waals surface area contributed by atoms with Crippen LogP contribution in [0, 0.1) is 18.3 Å². The molecule has 4 N–H and O–H groups in total. The highest BCUT2D eigenvalue weighted by Crippen LogP contribution is 2.34. The lowest BCUT2D eigenvalue weighted by atomic mass is 10.0. The molecule has 0 saturated carbocycles. The van der Waals surface area contributed by atoms with E-state index < -0.39 is 0 Å². The highest BCUT2D eigenvalue weighted by Gasteiger charge is 2.20. The first-order valence-electron chi connectivity index (χ1n) is 7.17. The Balaban J connectivity index is 2.05. The second kappa shape index (κ2) is 5.54. The summed E-state index contributed by atoms with van der Waals surface area (Å²) in [5, 5.41) is 28.0. The smallest absolute Gasteiger partial charge is 0.183 e. The summed E-state index contributed by atoms with van der Waals surface area (Å²) >= 11 is 6.32. The number of hydrogen-bond donors (Lipinski definition) is 3. The number of halogens is 1. The molecule has 0 fully saturated rings. The van der Waals surface area contributed by atoms with Crippen molar-refractivity contribution in [3.63, 3.8) is 0 Å². The molecule has 122 valence electrons. The minimum atomic E-state index is 0.0270. The number of hydrogen-bond acceptors (Lipinski definition) is 7. The van der Waals surface area contributed by atoms with Crippen LogP contribution in [0.25, 0.3) is 33.5 Å². The molecule has 4 aromatic rings. The van der Waals surface area contributed by atoms with Crippen LogP contribution in [0.15, 0.2) is 18.3 Å². The third-order valence-corrected chi connectivity index (χ3v) is 4.05. The Hall–Kier alpha value is -3.51. The zero-order chi connectivity index (χ0) is 17.6. The molecule has 0 spiro atoms. The van der Waals surface area contributed by atoms with Gasteiger partial charge in [-0.2, -0.15) is 25.8 Å². The van der Waals surface area contributed by atoms with Crippen molar-refractivity contribution in [3.8, 4) is 28.7 Å². The van der Waals surface area contributed by atoms with Crippen molar-refractivity contribution in [2.45, 2.75) is 6.92 Å². The first kappa shape index (κ1) is 15.0. The number of benzene rings is 1. The minimum Gasteiger partial charge on any atom is -0.381 e. The number of nitrogen functional groups attached to an aromatic ring is 1. The zero-order valence-corrected chi connectivity index (χ0v) is 13.6. The fraction of sp³-hybridized carbons (Fsp3) is 0.0667. The van der Waals surface area contributed by atoms with Crippen molar-refractivity contribution < 1.29 is 0 Å². The van der Waals surface area contributed by atoms with E-state index >= 15 is 0 Å². The molecular formula is C15H10ClN9. The maximum atomic E-state index is 9.25. The molecule has 1 aromatic carbocycles. The number of nitrogens with zero attached hydrogens (tertiary/aromatic N) is 6. The molecule has 0 aliphatic heterocycles. The van der Waals surface area contributed by atoms with Crippen LogP contribution >= 0.6 is 11.6 Å². The largest absolute Gasteiger partial charge is 0.381 e. The fourth-order valence-corrected chi connectivity index (χ4v) is 2.82. The fourth-order valence-electron chi connectivity index (χ4n) is 2.56. The monoisotopic (exact) mass is 351 g/mol. The summed E-state index contributed by atoms with van der Waals surface area (Å²) < 4.78 is 0. The van der Waals surface area contributed by atoms with Gasteiger partial charge >= 0.3 is 0 Å². The van der Waals surface area contributed by atoms with Gasteiger partial charge in [0.2, 0.25) is 0 Å². The Morgan fingerprint density at radius 2 is 2.00 bits per heavy atom. The molecule has 0 unspecified atom stereocenters. The van der Waals surface area contributed by atoms with Gasteiger partial charge in [-0.05, 0) is 19.1 Å². The van der Waals surface area contributed by atoms with Gasteiger partial charge in [0.05, 0.1) is 22.4 Å². The van der Waals surface area contributed by atoms with Gasteiger partial charge in [-0.3, -0.25) is 5.10 Å². The molecule has 0 bridgehead atoms. The van der Waals surface area contributed by atoms with Gasteiger partial charge in [-0.25, -0.2) is 9.97 Å². The molecule has 0 amide bonds. The van der Waals surface area contributed by atoms with Crippen LogP contribution in [0.1, 0.15) is 11.4 Å². The number of anilines is 1. The zero-order valence-electron chi connectivity index (χ0n) is 12.9. The number of nitrogens with one attached hydrogen (secondary N) is 2. The topological polar surface area (TPSA) is 146 Å². The van der Waals surface area contributed by atoms with Crippen LogP contribution in [0.5, 0.6) is 0 Å². The van der Waals surface area contributed by atoms with Crippen LogP contribution in [0.4, 0.5) is 5.82 Å². The van der Waals surface area contributed by atoms with Crippen LogP contribution in [-0.4, -0.2) is 35.6 Å². The summed E-state index contributed by atoms with van der Waals surface area (Å²) in [6.45, 7) is 1.78. The standard InChI is InChI=1S/C15H10ClN9/c1-6-11(24-25-22-6)14-13(20-10(4-17)15(18)21-14)7-2-8-5-19-23-12(8)9(16)3-7/h2-3,5H,1H3,(H2,18,21)(H,19,23)(H,22,24,25). The van der Waals surface area contributed by atoms with Gasteiger partial charge in [0.1, 0.15) is 23.2 Å². The van der Waals surface area contributed by atoms with Crippen LogP contribution in [0.3, 0.4) is 0 Å². The van der Waals surface area contributed by atoms with Gasteiger partial charge < -0.3 is 5.73 Å². The second-order valence-electron chi connectivity index (χ2n) is 5.32. The maximum Gasteiger partial charge on any atom is 0.183 e. The molecule has 9 nitrogen and oxygen atoms in total. The molecule has 3 aromatic heterocycles. The van der Waals surface area contributed by atoms with E-state index in [-0.39, 0.29) is 11.5 Å². The number of nitriles is 1. The lowest BCUT2D eigenvalue weighted by Gasteiger charge is -2.09. The first-order chi connectivity index (χ1) is 12.1. The number of fused-ring (bicyclic) bond motifs is 1. The summed E-state index contributed by atoms with van der Waals surface area (Å²) in [6.07, 6.45) is 1.65. The normalized spacial score (nSPS) is 10.9. The average molecular weight is 352 g/mol. The number of H-pyrrole nitrogens is 2. The van der Waals surface area contributed by atoms with E-state index in [1.54, 1.807) is 19.2 Å². The molecule has 3 heterocycles. The third kappa shape index (κ3) is 2.36. The Bertz CT molecular complexity index is 1150. The van der Waals surface area contributed by atoms with E-state index in [4.69, 9.17) is 17.3 Å². The summed E-state index contributed by atoms with van der Waals surface area (Å²) in [5.41, 5.74) is 9.25. The number of aryl methyl sites for hydroxylation is 1. The van der Waals surface area contributed by atoms with E-state index in [1.807, 2.05) is 12.1 Å². The average Bonchev–Trinajstić information content (AvgIpc) is 3.23. The minimum absolute atomic E-state index is 0.0270. The van der Waals surface area contributed by atoms with Crippen LogP contribution in [0.2, 0.25) is 5.02 Å². The van der Waals surface area contributed by atoms with Gasteiger partial charge in [-0.15, -0.1) is 0 Å². The van der Waals surface area contributed by atoms with E-state index in [0.29, 0.717) is 38.9 Å². The molecule has 25 heavy (non-hydrogen) atoms. The summed E-state index contributed by atoms with van der Waals surface area (Å²) in [5.74, 6) is 0.0270. The van der Waals surface area contributed by atoms with Gasteiger partial charge in [0, 0.05) is 10.9 Å². The highest BCUT2D eigenvalue weighted by atomic mass is 35.5. The predicted octanol–water partition coefficient (Wildman–Crippen LogP) is 2.22. The van der Waals surface area contributed by atoms with Gasteiger partial charge in [-0.1, -0.05) is 11.6 Å². The quantitative estimate of drug-likeness (QED) is 0.501. The predicted molar refractivity (Wildman–Crippen MR) is 91.4 cm³/mol. The summed E-state index contributed by atoms with van der Waals surface area (Å²) in [6, 6.07) is 5.52. The molecule has 0 saturated heterocycles. The Morgan fingerprint density at radius 3 is 2.72 bits per heavy atom.